The highest BCUT2D eigenvalue weighted by atomic mass is 19.1. The van der Waals surface area contributed by atoms with Gasteiger partial charge in [0.05, 0.1) is 32.4 Å². The van der Waals surface area contributed by atoms with E-state index >= 15 is 4.39 Å². The quantitative estimate of drug-likeness (QED) is 0.258. The van der Waals surface area contributed by atoms with Crippen LogP contribution in [0.25, 0.3) is 5.70 Å². The zero-order valence-corrected chi connectivity index (χ0v) is 27.5. The Morgan fingerprint density at radius 3 is 2.33 bits per heavy atom. The number of methoxy groups -OCH3 is 1. The molecule has 1 aliphatic heterocycles. The van der Waals surface area contributed by atoms with Gasteiger partial charge in [0.1, 0.15) is 5.75 Å². The summed E-state index contributed by atoms with van der Waals surface area (Å²) in [4.78, 5) is 16.6. The molecule has 2 aromatic carbocycles. The Bertz CT molecular complexity index is 1400. The molecule has 6 heteroatoms. The molecule has 2 atom stereocenters. The minimum Gasteiger partial charge on any atom is -0.496 e. The molecular weight excluding hydrogens is 541 g/mol. The molecule has 5 nitrogen and oxygen atoms in total. The van der Waals surface area contributed by atoms with Crippen molar-refractivity contribution in [2.24, 2.45) is 5.92 Å². The van der Waals surface area contributed by atoms with Crippen LogP contribution in [0.2, 0.25) is 0 Å². The third-order valence-electron chi connectivity index (χ3n) is 9.73. The smallest absolute Gasteiger partial charge is 0.197 e. The standard InChI is InChI=1S/C37H50FNO4/c1-9-14-29-32-27(21-31(42-10-2)35(33(32)38)43-11-3)37(17-18-37)39(29)22-30(40)24-19-26(25-16-13-12-15-23(25)4)34(41-8)28(20-24)36(5,6)7/h14,19-21,23,25H,9-13,15-18,22H2,1-8H3. The summed E-state index contributed by atoms with van der Waals surface area (Å²) in [6, 6.07) is 6.11. The third-order valence-corrected chi connectivity index (χ3v) is 9.73. The summed E-state index contributed by atoms with van der Waals surface area (Å²) < 4.78 is 34.0. The summed E-state index contributed by atoms with van der Waals surface area (Å²) in [5.41, 5.74) is 4.60. The number of benzene rings is 2. The van der Waals surface area contributed by atoms with Crippen LogP contribution < -0.4 is 14.2 Å². The van der Waals surface area contributed by atoms with Crippen molar-refractivity contribution in [3.05, 3.63) is 57.9 Å². The van der Waals surface area contributed by atoms with Gasteiger partial charge in [0.2, 0.25) is 0 Å². The first-order valence-electron chi connectivity index (χ1n) is 16.4. The van der Waals surface area contributed by atoms with Crippen molar-refractivity contribution in [1.29, 1.82) is 0 Å². The number of ether oxygens (including phenoxy) is 3. The number of nitrogens with zero attached hydrogens (tertiary/aromatic N) is 1. The minimum absolute atomic E-state index is 0.0504. The summed E-state index contributed by atoms with van der Waals surface area (Å²) in [6.45, 7) is 15.6. The maximum absolute atomic E-state index is 16.3. The number of fused-ring (bicyclic) bond motifs is 2. The van der Waals surface area contributed by atoms with E-state index in [2.05, 4.69) is 51.7 Å². The molecule has 2 aliphatic carbocycles. The Kier molecular flexibility index (Phi) is 8.89. The van der Waals surface area contributed by atoms with Gasteiger partial charge in [0.25, 0.3) is 0 Å². The van der Waals surface area contributed by atoms with Gasteiger partial charge in [-0.25, -0.2) is 4.39 Å². The van der Waals surface area contributed by atoms with Gasteiger partial charge in [-0.15, -0.1) is 0 Å². The monoisotopic (exact) mass is 591 g/mol. The van der Waals surface area contributed by atoms with Gasteiger partial charge in [0.15, 0.2) is 23.1 Å². The first kappa shape index (κ1) is 31.4. The molecule has 43 heavy (non-hydrogen) atoms. The number of rotatable bonds is 10. The van der Waals surface area contributed by atoms with E-state index in [1.54, 1.807) is 7.11 Å². The lowest BCUT2D eigenvalue weighted by molar-refractivity contribution is 0.0938. The Hall–Kier alpha value is -3.02. The van der Waals surface area contributed by atoms with Gasteiger partial charge < -0.3 is 19.1 Å². The first-order chi connectivity index (χ1) is 20.5. The SMILES string of the molecule is CCC=C1c2c(cc(OCC)c(OCC)c2F)C2(CC2)N1CC(=O)c1cc(C2CCCCC2C)c(OC)c(C(C)(C)C)c1. The topological polar surface area (TPSA) is 48.0 Å². The molecule has 2 aromatic rings. The lowest BCUT2D eigenvalue weighted by Crippen LogP contribution is -2.33. The van der Waals surface area contributed by atoms with Crippen LogP contribution in [0, 0.1) is 11.7 Å². The summed E-state index contributed by atoms with van der Waals surface area (Å²) in [5.74, 6) is 2.07. The van der Waals surface area contributed by atoms with Crippen molar-refractivity contribution in [2.45, 2.75) is 110 Å². The number of hydrogen-bond donors (Lipinski definition) is 0. The molecule has 234 valence electrons. The van der Waals surface area contributed by atoms with Crippen LogP contribution in [0.5, 0.6) is 17.2 Å². The number of ketones is 1. The maximum Gasteiger partial charge on any atom is 0.197 e. The summed E-state index contributed by atoms with van der Waals surface area (Å²) in [5, 5.41) is 0. The van der Waals surface area contributed by atoms with Crippen LogP contribution in [0.3, 0.4) is 0 Å². The Balaban J connectivity index is 1.59. The van der Waals surface area contributed by atoms with Crippen molar-refractivity contribution >= 4 is 11.5 Å². The van der Waals surface area contributed by atoms with Crippen molar-refractivity contribution < 1.29 is 23.4 Å². The lowest BCUT2D eigenvalue weighted by atomic mass is 9.73. The summed E-state index contributed by atoms with van der Waals surface area (Å²) in [6.07, 6.45) is 9.27. The molecule has 0 amide bonds. The molecule has 0 saturated heterocycles. The molecule has 0 bridgehead atoms. The molecule has 0 aromatic heterocycles. The predicted octanol–water partition coefficient (Wildman–Crippen LogP) is 9.16. The Morgan fingerprint density at radius 1 is 1.05 bits per heavy atom. The van der Waals surface area contributed by atoms with Crippen LogP contribution >= 0.6 is 0 Å². The molecule has 5 rings (SSSR count). The average molecular weight is 592 g/mol. The second-order valence-corrected chi connectivity index (χ2v) is 13.6. The zero-order chi connectivity index (χ0) is 31.1. The highest BCUT2D eigenvalue weighted by Crippen LogP contribution is 2.62. The number of hydrogen-bond acceptors (Lipinski definition) is 5. The fraction of sp³-hybridized carbons (Fsp3) is 0.595. The predicted molar refractivity (Wildman–Crippen MR) is 171 cm³/mol. The van der Waals surface area contributed by atoms with E-state index in [9.17, 15) is 4.79 Å². The van der Waals surface area contributed by atoms with Crippen LogP contribution in [-0.4, -0.2) is 37.6 Å². The van der Waals surface area contributed by atoms with E-state index in [1.165, 1.54) is 19.3 Å². The molecule has 0 radical (unpaired) electrons. The highest BCUT2D eigenvalue weighted by molar-refractivity contribution is 6.00. The maximum atomic E-state index is 16.3. The van der Waals surface area contributed by atoms with Gasteiger partial charge in [-0.1, -0.05) is 60.0 Å². The van der Waals surface area contributed by atoms with Gasteiger partial charge in [0, 0.05) is 22.4 Å². The molecule has 1 heterocycles. The fourth-order valence-corrected chi connectivity index (χ4v) is 7.46. The highest BCUT2D eigenvalue weighted by Gasteiger charge is 2.58. The largest absolute Gasteiger partial charge is 0.496 e. The number of Topliss-reactive ketones (excluding diaryl/α,β-unsaturated/α-hetero) is 1. The second-order valence-electron chi connectivity index (χ2n) is 13.6. The van der Waals surface area contributed by atoms with Crippen molar-refractivity contribution in [1.82, 2.24) is 4.90 Å². The van der Waals surface area contributed by atoms with E-state index in [4.69, 9.17) is 14.2 Å². The van der Waals surface area contributed by atoms with Crippen LogP contribution in [0.4, 0.5) is 4.39 Å². The normalized spacial score (nSPS) is 21.7. The van der Waals surface area contributed by atoms with Gasteiger partial charge in [-0.3, -0.25) is 4.79 Å². The Morgan fingerprint density at radius 2 is 1.74 bits per heavy atom. The van der Waals surface area contributed by atoms with Crippen molar-refractivity contribution in [3.63, 3.8) is 0 Å². The van der Waals surface area contributed by atoms with Gasteiger partial charge >= 0.3 is 0 Å². The molecule has 2 saturated carbocycles. The number of allylic oxidation sites excluding steroid dienone is 1. The van der Waals surface area contributed by atoms with Crippen molar-refractivity contribution in [3.8, 4) is 17.2 Å². The number of carbonyl (C=O) groups excluding carboxylic acids is 1. The average Bonchev–Trinajstić information content (AvgIpc) is 3.73. The molecule has 2 unspecified atom stereocenters. The van der Waals surface area contributed by atoms with E-state index in [0.717, 1.165) is 53.8 Å². The lowest BCUT2D eigenvalue weighted by Gasteiger charge is -2.33. The van der Waals surface area contributed by atoms with E-state index in [1.807, 2.05) is 26.0 Å². The van der Waals surface area contributed by atoms with E-state index in [0.29, 0.717) is 41.9 Å². The summed E-state index contributed by atoms with van der Waals surface area (Å²) in [7, 11) is 1.75. The van der Waals surface area contributed by atoms with Gasteiger partial charge in [-0.2, -0.15) is 0 Å². The number of carbonyl (C=O) groups is 1. The second kappa shape index (κ2) is 12.2. The molecule has 0 N–H and O–H groups in total. The fourth-order valence-electron chi connectivity index (χ4n) is 7.46. The molecule has 1 spiro atoms. The van der Waals surface area contributed by atoms with E-state index in [-0.39, 0.29) is 23.5 Å². The third kappa shape index (κ3) is 5.55. The van der Waals surface area contributed by atoms with E-state index < -0.39 is 11.4 Å². The first-order valence-corrected chi connectivity index (χ1v) is 16.4. The molecule has 2 fully saturated rings. The minimum atomic E-state index is -0.399. The van der Waals surface area contributed by atoms with Crippen molar-refractivity contribution in [2.75, 3.05) is 26.9 Å². The zero-order valence-electron chi connectivity index (χ0n) is 27.5. The van der Waals surface area contributed by atoms with Crippen LogP contribution in [0.15, 0.2) is 24.3 Å². The summed E-state index contributed by atoms with van der Waals surface area (Å²) >= 11 is 0. The van der Waals surface area contributed by atoms with Crippen LogP contribution in [0.1, 0.15) is 132 Å². The van der Waals surface area contributed by atoms with Gasteiger partial charge in [-0.05, 0) is 86.1 Å². The molecule has 3 aliphatic rings. The number of halogens is 1. The molecular formula is C37H50FNO4. The Labute approximate surface area is 257 Å². The van der Waals surface area contributed by atoms with Crippen LogP contribution in [-0.2, 0) is 11.0 Å².